The summed E-state index contributed by atoms with van der Waals surface area (Å²) in [6, 6.07) is 0. The predicted molar refractivity (Wildman–Crippen MR) is 81.7 cm³/mol. The quantitative estimate of drug-likeness (QED) is 0.581. The van der Waals surface area contributed by atoms with Gasteiger partial charge in [0.15, 0.2) is 0 Å². The molecule has 0 spiro atoms. The summed E-state index contributed by atoms with van der Waals surface area (Å²) in [5, 5.41) is 7.53. The van der Waals surface area contributed by atoms with E-state index in [0.717, 1.165) is 4.57 Å². The van der Waals surface area contributed by atoms with Crippen LogP contribution in [-0.4, -0.2) is 29.8 Å². The predicted octanol–water partition coefficient (Wildman–Crippen LogP) is -1.51. The summed E-state index contributed by atoms with van der Waals surface area (Å²) >= 11 is 0. The van der Waals surface area contributed by atoms with E-state index in [1.165, 1.54) is 11.6 Å². The summed E-state index contributed by atoms with van der Waals surface area (Å²) in [7, 11) is -2.31. The lowest BCUT2D eigenvalue weighted by molar-refractivity contribution is 0.494. The highest BCUT2D eigenvalue weighted by Crippen LogP contribution is 2.12. The summed E-state index contributed by atoms with van der Waals surface area (Å²) in [6.45, 7) is 4.09. The van der Waals surface area contributed by atoms with E-state index in [1.54, 1.807) is 0 Å². The molecule has 21 heavy (non-hydrogen) atoms. The van der Waals surface area contributed by atoms with E-state index in [1.807, 2.05) is 13.8 Å². The topological polar surface area (TPSA) is 142 Å². The lowest BCUT2D eigenvalue weighted by atomic mass is 10.2. The summed E-state index contributed by atoms with van der Waals surface area (Å²) in [6.07, 6.45) is 0. The van der Waals surface area contributed by atoms with Crippen molar-refractivity contribution >= 4 is 21.5 Å². The third-order valence-corrected chi connectivity index (χ3v) is 3.59. The van der Waals surface area contributed by atoms with Crippen LogP contribution in [0.4, 0.5) is 11.5 Å². The molecule has 0 amide bonds. The molecule has 10 heteroatoms. The lowest BCUT2D eigenvalue weighted by Gasteiger charge is -2.17. The van der Waals surface area contributed by atoms with Gasteiger partial charge in [-0.1, -0.05) is 13.8 Å². The van der Waals surface area contributed by atoms with Crippen molar-refractivity contribution in [3.05, 3.63) is 20.8 Å². The van der Waals surface area contributed by atoms with Gasteiger partial charge in [-0.3, -0.25) is 13.9 Å². The minimum atomic E-state index is -3.65. The molecule has 0 radical (unpaired) electrons. The molecule has 1 aromatic rings. The molecule has 1 aromatic heterocycles. The molecular weight excluding hydrogens is 298 g/mol. The fourth-order valence-electron chi connectivity index (χ4n) is 1.81. The van der Waals surface area contributed by atoms with E-state index in [2.05, 4.69) is 5.32 Å². The Morgan fingerprint density at radius 3 is 2.33 bits per heavy atom. The molecule has 5 N–H and O–H groups in total. The second-order valence-corrected chi connectivity index (χ2v) is 6.94. The zero-order chi connectivity index (χ0) is 16.4. The van der Waals surface area contributed by atoms with Crippen LogP contribution in [0.15, 0.2) is 9.59 Å². The Labute approximate surface area is 122 Å². The maximum absolute atomic E-state index is 12.0. The van der Waals surface area contributed by atoms with Crippen molar-refractivity contribution in [2.24, 2.45) is 18.1 Å². The van der Waals surface area contributed by atoms with Crippen LogP contribution in [-0.2, 0) is 23.6 Å². The second kappa shape index (κ2) is 6.31. The van der Waals surface area contributed by atoms with E-state index in [9.17, 15) is 18.0 Å². The number of nitrogens with one attached hydrogen (secondary N) is 1. The van der Waals surface area contributed by atoms with Crippen molar-refractivity contribution < 1.29 is 8.42 Å². The van der Waals surface area contributed by atoms with Crippen LogP contribution < -0.4 is 27.4 Å². The number of primary sulfonamides is 1. The van der Waals surface area contributed by atoms with Gasteiger partial charge in [0.1, 0.15) is 11.5 Å². The van der Waals surface area contributed by atoms with Crippen molar-refractivity contribution in [3.63, 3.8) is 0 Å². The van der Waals surface area contributed by atoms with Crippen molar-refractivity contribution in [2.75, 3.05) is 23.3 Å². The Hall–Kier alpha value is -1.81. The van der Waals surface area contributed by atoms with Crippen molar-refractivity contribution in [1.82, 2.24) is 9.13 Å². The molecule has 0 bridgehead atoms. The van der Waals surface area contributed by atoms with Crippen LogP contribution in [0, 0.1) is 5.92 Å². The summed E-state index contributed by atoms with van der Waals surface area (Å²) in [5.41, 5.74) is 4.74. The number of rotatable bonds is 6. The van der Waals surface area contributed by atoms with E-state index in [-0.39, 0.29) is 29.7 Å². The van der Waals surface area contributed by atoms with E-state index in [4.69, 9.17) is 10.9 Å². The van der Waals surface area contributed by atoms with Gasteiger partial charge in [-0.15, -0.1) is 0 Å². The maximum atomic E-state index is 12.0. The van der Waals surface area contributed by atoms with Crippen molar-refractivity contribution in [2.45, 2.75) is 20.4 Å². The molecule has 0 saturated carbocycles. The first-order valence-electron chi connectivity index (χ1n) is 6.38. The van der Waals surface area contributed by atoms with Gasteiger partial charge in [0.25, 0.3) is 5.56 Å². The van der Waals surface area contributed by atoms with Gasteiger partial charge in [-0.25, -0.2) is 18.4 Å². The minimum absolute atomic E-state index is 0.00130. The van der Waals surface area contributed by atoms with Gasteiger partial charge in [-0.05, 0) is 5.92 Å². The molecule has 0 aromatic carbocycles. The highest BCUT2D eigenvalue weighted by Gasteiger charge is 2.16. The van der Waals surface area contributed by atoms with Crippen LogP contribution in [0.25, 0.3) is 0 Å². The fourth-order valence-corrected chi connectivity index (χ4v) is 2.20. The number of nitrogens with zero attached hydrogens (tertiary/aromatic N) is 2. The molecule has 1 heterocycles. The fraction of sp³-hybridized carbons (Fsp3) is 0.636. The SMILES string of the molecule is CC(C)Cn1c(N)c(NCCS(N)(=O)=O)c(=O)n(C)c1=O. The zero-order valence-electron chi connectivity index (χ0n) is 12.3. The number of sulfonamides is 1. The van der Waals surface area contributed by atoms with Gasteiger partial charge in [0.2, 0.25) is 10.0 Å². The third kappa shape index (κ3) is 4.33. The molecule has 0 aliphatic heterocycles. The average molecular weight is 319 g/mol. The van der Waals surface area contributed by atoms with E-state index < -0.39 is 21.3 Å². The monoisotopic (exact) mass is 319 g/mol. The van der Waals surface area contributed by atoms with E-state index >= 15 is 0 Å². The molecular formula is C11H21N5O4S. The molecule has 0 aliphatic carbocycles. The Morgan fingerprint density at radius 2 is 1.86 bits per heavy atom. The second-order valence-electron chi connectivity index (χ2n) is 5.21. The summed E-state index contributed by atoms with van der Waals surface area (Å²) in [4.78, 5) is 24.1. The Kier molecular flexibility index (Phi) is 5.18. The van der Waals surface area contributed by atoms with Crippen molar-refractivity contribution in [1.29, 1.82) is 0 Å². The first-order chi connectivity index (χ1) is 9.54. The van der Waals surface area contributed by atoms with Crippen LogP contribution in [0.1, 0.15) is 13.8 Å². The van der Waals surface area contributed by atoms with E-state index in [0.29, 0.717) is 6.54 Å². The number of nitrogen functional groups attached to an aromatic ring is 1. The third-order valence-electron chi connectivity index (χ3n) is 2.82. The minimum Gasteiger partial charge on any atom is -0.383 e. The molecule has 9 nitrogen and oxygen atoms in total. The number of anilines is 2. The lowest BCUT2D eigenvalue weighted by Crippen LogP contribution is -2.41. The van der Waals surface area contributed by atoms with Crippen LogP contribution >= 0.6 is 0 Å². The van der Waals surface area contributed by atoms with Crippen LogP contribution in [0.3, 0.4) is 0 Å². The maximum Gasteiger partial charge on any atom is 0.332 e. The number of hydrogen-bond acceptors (Lipinski definition) is 6. The smallest absolute Gasteiger partial charge is 0.332 e. The first kappa shape index (κ1) is 17.2. The van der Waals surface area contributed by atoms with Crippen molar-refractivity contribution in [3.8, 4) is 0 Å². The molecule has 0 saturated heterocycles. The molecule has 0 aliphatic rings. The Morgan fingerprint density at radius 1 is 1.29 bits per heavy atom. The first-order valence-corrected chi connectivity index (χ1v) is 8.09. The van der Waals surface area contributed by atoms with Gasteiger partial charge >= 0.3 is 5.69 Å². The standard InChI is InChI=1S/C11H21N5O4S/c1-7(2)6-16-9(12)8(10(17)15(3)11(16)18)14-4-5-21(13,19)20/h7,14H,4-6,12H2,1-3H3,(H2,13,19,20). The molecule has 1 rings (SSSR count). The van der Waals surface area contributed by atoms with Crippen LogP contribution in [0.5, 0.6) is 0 Å². The van der Waals surface area contributed by atoms with Gasteiger partial charge in [0, 0.05) is 20.1 Å². The van der Waals surface area contributed by atoms with Gasteiger partial charge < -0.3 is 11.1 Å². The van der Waals surface area contributed by atoms with Gasteiger partial charge in [0.05, 0.1) is 5.75 Å². The summed E-state index contributed by atoms with van der Waals surface area (Å²) in [5.74, 6) is -0.204. The van der Waals surface area contributed by atoms with Gasteiger partial charge in [-0.2, -0.15) is 0 Å². The average Bonchev–Trinajstić information content (AvgIpc) is 2.35. The largest absolute Gasteiger partial charge is 0.383 e. The number of aromatic nitrogens is 2. The number of nitrogens with two attached hydrogens (primary N) is 2. The Bertz CT molecular complexity index is 732. The molecule has 0 atom stereocenters. The highest BCUT2D eigenvalue weighted by atomic mass is 32.2. The normalized spacial score (nSPS) is 11.9. The van der Waals surface area contributed by atoms with Crippen LogP contribution in [0.2, 0.25) is 0 Å². The molecule has 0 unspecified atom stereocenters. The molecule has 120 valence electrons. The Balaban J connectivity index is 3.23. The zero-order valence-corrected chi connectivity index (χ0v) is 13.1. The number of hydrogen-bond donors (Lipinski definition) is 3. The summed E-state index contributed by atoms with van der Waals surface area (Å²) < 4.78 is 24.0. The molecule has 0 fully saturated rings. The highest BCUT2D eigenvalue weighted by molar-refractivity contribution is 7.89.